The largest absolute Gasteiger partial charge is 0.454 e. The summed E-state index contributed by atoms with van der Waals surface area (Å²) in [6, 6.07) is 24.6. The third-order valence-corrected chi connectivity index (χ3v) is 8.63. The van der Waals surface area contributed by atoms with E-state index < -0.39 is 0 Å². The predicted octanol–water partition coefficient (Wildman–Crippen LogP) is 4.58. The monoisotopic (exact) mass is 566 g/mol. The number of aromatic nitrogens is 4. The molecule has 10 heteroatoms. The number of carbonyl (C=O) groups excluding carboxylic acids is 1. The molecule has 1 saturated heterocycles. The van der Waals surface area contributed by atoms with Gasteiger partial charge >= 0.3 is 0 Å². The number of carbonyl (C=O) groups is 1. The molecule has 208 valence electrons. The highest BCUT2D eigenvalue weighted by Crippen LogP contribution is 2.33. The summed E-state index contributed by atoms with van der Waals surface area (Å²) in [5, 5.41) is 10.2. The highest BCUT2D eigenvalue weighted by atomic mass is 32.2. The Morgan fingerprint density at radius 3 is 2.51 bits per heavy atom. The van der Waals surface area contributed by atoms with Gasteiger partial charge < -0.3 is 18.9 Å². The van der Waals surface area contributed by atoms with Crippen molar-refractivity contribution in [3.63, 3.8) is 0 Å². The van der Waals surface area contributed by atoms with Gasteiger partial charge in [0.2, 0.25) is 17.9 Å². The SMILES string of the molecule is CC(Sc1nnc2c3ccccc3n(Cc3ccccc3)c2n1)C(=O)N1CCN(Cc2ccc3c(c2)OCO3)CC1. The lowest BCUT2D eigenvalue weighted by Crippen LogP contribution is -2.50. The molecule has 7 rings (SSSR count). The highest BCUT2D eigenvalue weighted by molar-refractivity contribution is 8.00. The van der Waals surface area contributed by atoms with Crippen LogP contribution >= 0.6 is 11.8 Å². The van der Waals surface area contributed by atoms with Crippen molar-refractivity contribution < 1.29 is 14.3 Å². The predicted molar refractivity (Wildman–Crippen MR) is 158 cm³/mol. The van der Waals surface area contributed by atoms with E-state index in [4.69, 9.17) is 14.5 Å². The molecule has 1 fully saturated rings. The Morgan fingerprint density at radius 1 is 0.878 bits per heavy atom. The Hall–Kier alpha value is -4.15. The number of fused-ring (bicyclic) bond motifs is 4. The van der Waals surface area contributed by atoms with Crippen molar-refractivity contribution in [2.45, 2.75) is 30.4 Å². The van der Waals surface area contributed by atoms with E-state index in [2.05, 4.69) is 50.0 Å². The van der Waals surface area contributed by atoms with Gasteiger partial charge in [-0.3, -0.25) is 9.69 Å². The van der Waals surface area contributed by atoms with Gasteiger partial charge in [0.15, 0.2) is 17.1 Å². The summed E-state index contributed by atoms with van der Waals surface area (Å²) in [6.45, 7) is 6.73. The first-order chi connectivity index (χ1) is 20.1. The third-order valence-electron chi connectivity index (χ3n) is 7.70. The number of hydrogen-bond acceptors (Lipinski definition) is 8. The van der Waals surface area contributed by atoms with Gasteiger partial charge in [-0.15, -0.1) is 10.2 Å². The van der Waals surface area contributed by atoms with Crippen molar-refractivity contribution in [2.24, 2.45) is 0 Å². The molecule has 0 bridgehead atoms. The molecule has 2 aliphatic heterocycles. The molecule has 2 aliphatic rings. The second-order valence-electron chi connectivity index (χ2n) is 10.4. The molecular formula is C31H30N6O3S. The molecule has 3 aromatic carbocycles. The number of piperazine rings is 1. The van der Waals surface area contributed by atoms with Crippen molar-refractivity contribution in [1.82, 2.24) is 29.5 Å². The first-order valence-electron chi connectivity index (χ1n) is 13.8. The molecule has 0 aliphatic carbocycles. The average molecular weight is 567 g/mol. The smallest absolute Gasteiger partial charge is 0.235 e. The van der Waals surface area contributed by atoms with Crippen molar-refractivity contribution in [3.8, 4) is 11.5 Å². The molecule has 1 amide bonds. The van der Waals surface area contributed by atoms with Crippen LogP contribution in [0.3, 0.4) is 0 Å². The summed E-state index contributed by atoms with van der Waals surface area (Å²) in [7, 11) is 0. The minimum atomic E-state index is -0.318. The maximum absolute atomic E-state index is 13.4. The second-order valence-corrected chi connectivity index (χ2v) is 11.7. The van der Waals surface area contributed by atoms with Gasteiger partial charge in [0, 0.05) is 44.7 Å². The van der Waals surface area contributed by atoms with Crippen LogP contribution in [0.1, 0.15) is 18.1 Å². The Balaban J connectivity index is 1.03. The minimum absolute atomic E-state index is 0.103. The van der Waals surface area contributed by atoms with Gasteiger partial charge in [0.25, 0.3) is 0 Å². The van der Waals surface area contributed by atoms with Crippen LogP contribution < -0.4 is 9.47 Å². The maximum Gasteiger partial charge on any atom is 0.235 e. The number of hydrogen-bond donors (Lipinski definition) is 0. The molecule has 9 nitrogen and oxygen atoms in total. The fourth-order valence-electron chi connectivity index (χ4n) is 5.55. The van der Waals surface area contributed by atoms with E-state index in [1.807, 2.05) is 54.3 Å². The van der Waals surface area contributed by atoms with Gasteiger partial charge in [-0.25, -0.2) is 4.98 Å². The number of para-hydroxylation sites is 1. The lowest BCUT2D eigenvalue weighted by atomic mass is 10.1. The van der Waals surface area contributed by atoms with E-state index in [9.17, 15) is 4.79 Å². The lowest BCUT2D eigenvalue weighted by Gasteiger charge is -2.35. The zero-order valence-electron chi connectivity index (χ0n) is 22.8. The van der Waals surface area contributed by atoms with Crippen LogP contribution in [0.4, 0.5) is 0 Å². The molecule has 0 saturated carbocycles. The summed E-state index contributed by atoms with van der Waals surface area (Å²) < 4.78 is 13.1. The van der Waals surface area contributed by atoms with Crippen molar-refractivity contribution in [1.29, 1.82) is 0 Å². The molecule has 2 aromatic heterocycles. The Kier molecular flexibility index (Phi) is 6.93. The first kappa shape index (κ1) is 25.8. The van der Waals surface area contributed by atoms with Gasteiger partial charge in [0.05, 0.1) is 10.8 Å². The lowest BCUT2D eigenvalue weighted by molar-refractivity contribution is -0.132. The Labute approximate surface area is 242 Å². The molecule has 0 radical (unpaired) electrons. The molecule has 1 unspecified atom stereocenters. The average Bonchev–Trinajstić information content (AvgIpc) is 3.60. The summed E-state index contributed by atoms with van der Waals surface area (Å²) >= 11 is 1.37. The number of thioether (sulfide) groups is 1. The quantitative estimate of drug-likeness (QED) is 0.265. The van der Waals surface area contributed by atoms with Crippen LogP contribution in [-0.2, 0) is 17.9 Å². The first-order valence-corrected chi connectivity index (χ1v) is 14.7. The molecule has 0 N–H and O–H groups in total. The Bertz CT molecular complexity index is 1720. The maximum atomic E-state index is 13.4. The van der Waals surface area contributed by atoms with Gasteiger partial charge in [-0.1, -0.05) is 66.4 Å². The highest BCUT2D eigenvalue weighted by Gasteiger charge is 2.27. The number of amides is 1. The molecule has 1 atom stereocenters. The summed E-state index contributed by atoms with van der Waals surface area (Å²) in [5.41, 5.74) is 4.99. The van der Waals surface area contributed by atoms with E-state index in [-0.39, 0.29) is 18.0 Å². The summed E-state index contributed by atoms with van der Waals surface area (Å²) in [6.07, 6.45) is 0. The number of nitrogens with zero attached hydrogens (tertiary/aromatic N) is 6. The van der Waals surface area contributed by atoms with Crippen LogP contribution in [0.15, 0.2) is 78.0 Å². The van der Waals surface area contributed by atoms with E-state index in [0.29, 0.717) is 24.8 Å². The van der Waals surface area contributed by atoms with Gasteiger partial charge in [-0.05, 0) is 36.2 Å². The zero-order valence-corrected chi connectivity index (χ0v) is 23.6. The number of benzene rings is 3. The second kappa shape index (κ2) is 11.0. The van der Waals surface area contributed by atoms with Gasteiger partial charge in [-0.2, -0.15) is 0 Å². The van der Waals surface area contributed by atoms with E-state index in [0.717, 1.165) is 53.2 Å². The van der Waals surface area contributed by atoms with Crippen molar-refractivity contribution in [2.75, 3.05) is 33.0 Å². The van der Waals surface area contributed by atoms with Crippen LogP contribution in [0, 0.1) is 0 Å². The molecule has 0 spiro atoms. The minimum Gasteiger partial charge on any atom is -0.454 e. The van der Waals surface area contributed by atoms with Crippen LogP contribution in [0.2, 0.25) is 0 Å². The van der Waals surface area contributed by atoms with Crippen LogP contribution in [0.5, 0.6) is 11.5 Å². The normalized spacial score (nSPS) is 16.0. The molecule has 41 heavy (non-hydrogen) atoms. The van der Waals surface area contributed by atoms with Crippen molar-refractivity contribution >= 4 is 39.7 Å². The third kappa shape index (κ3) is 5.20. The van der Waals surface area contributed by atoms with Crippen LogP contribution in [-0.4, -0.2) is 73.7 Å². The molecular weight excluding hydrogens is 536 g/mol. The van der Waals surface area contributed by atoms with E-state index >= 15 is 0 Å². The number of ether oxygens (including phenoxy) is 2. The van der Waals surface area contributed by atoms with E-state index in [1.165, 1.54) is 22.9 Å². The topological polar surface area (TPSA) is 85.6 Å². The zero-order chi connectivity index (χ0) is 27.8. The fourth-order valence-corrected chi connectivity index (χ4v) is 6.35. The number of rotatable bonds is 7. The Morgan fingerprint density at radius 2 is 1.66 bits per heavy atom. The summed E-state index contributed by atoms with van der Waals surface area (Å²) in [5.74, 6) is 1.70. The molecule has 4 heterocycles. The molecule has 5 aromatic rings. The summed E-state index contributed by atoms with van der Waals surface area (Å²) in [4.78, 5) is 22.6. The van der Waals surface area contributed by atoms with Gasteiger partial charge in [0.1, 0.15) is 5.52 Å². The van der Waals surface area contributed by atoms with Crippen LogP contribution in [0.25, 0.3) is 22.1 Å². The fraction of sp³-hybridized carbons (Fsp3) is 0.290. The van der Waals surface area contributed by atoms with E-state index in [1.54, 1.807) is 0 Å². The standard InChI is InChI=1S/C31H30N6O3S/c1-21(30(38)36-15-13-35(14-16-36)18-23-11-12-26-27(17-23)40-20-39-26)41-31-32-29-28(33-34-31)24-9-5-6-10-25(24)37(29)19-22-7-3-2-4-8-22/h2-12,17,21H,13-16,18-20H2,1H3. The van der Waals surface area contributed by atoms with Crippen molar-refractivity contribution in [3.05, 3.63) is 83.9 Å².